The first kappa shape index (κ1) is 17.5. The number of likely N-dealkylation sites (tertiary alicyclic amines) is 1. The zero-order valence-electron chi connectivity index (χ0n) is 16.4. The Bertz CT molecular complexity index is 981. The molecule has 1 saturated heterocycles. The zero-order chi connectivity index (χ0) is 19.0. The van der Waals surface area contributed by atoms with E-state index in [4.69, 9.17) is 4.98 Å². The molecule has 1 fully saturated rings. The standard InChI is InChI=1S/C24H26N4/c1-18-21(9-5-13-25-18)16-28-14-6-11-24(17-28)12-10-20-15-26-23(27-22(20)24)19-7-3-2-4-8-19/h2-5,7-9,13,15H,6,10-12,14,16-17H2,1H3. The Kier molecular flexibility index (Phi) is 4.44. The molecular weight excluding hydrogens is 344 g/mol. The van der Waals surface area contributed by atoms with E-state index in [9.17, 15) is 0 Å². The fraction of sp³-hybridized carbons (Fsp3) is 0.375. The summed E-state index contributed by atoms with van der Waals surface area (Å²) in [6.07, 6.45) is 8.70. The lowest BCUT2D eigenvalue weighted by Gasteiger charge is -2.40. The average Bonchev–Trinajstić information content (AvgIpc) is 3.08. The Morgan fingerprint density at radius 2 is 1.93 bits per heavy atom. The van der Waals surface area contributed by atoms with Crippen molar-refractivity contribution in [1.82, 2.24) is 19.9 Å². The molecule has 1 aliphatic carbocycles. The van der Waals surface area contributed by atoms with Gasteiger partial charge >= 0.3 is 0 Å². The normalized spacial score (nSPS) is 21.8. The zero-order valence-corrected chi connectivity index (χ0v) is 16.4. The van der Waals surface area contributed by atoms with Crippen LogP contribution in [0, 0.1) is 6.92 Å². The number of aryl methyl sites for hydroxylation is 2. The highest BCUT2D eigenvalue weighted by atomic mass is 15.1. The molecule has 4 nitrogen and oxygen atoms in total. The van der Waals surface area contributed by atoms with Gasteiger partial charge in [-0.3, -0.25) is 9.88 Å². The molecule has 5 rings (SSSR count). The first-order valence-electron chi connectivity index (χ1n) is 10.3. The lowest BCUT2D eigenvalue weighted by atomic mass is 9.77. The van der Waals surface area contributed by atoms with Crippen LogP contribution in [-0.4, -0.2) is 32.9 Å². The summed E-state index contributed by atoms with van der Waals surface area (Å²) in [6.45, 7) is 5.33. The number of rotatable bonds is 3. The first-order valence-corrected chi connectivity index (χ1v) is 10.3. The van der Waals surface area contributed by atoms with Gasteiger partial charge in [0.15, 0.2) is 5.82 Å². The van der Waals surface area contributed by atoms with Gasteiger partial charge < -0.3 is 0 Å². The summed E-state index contributed by atoms with van der Waals surface area (Å²) >= 11 is 0. The Morgan fingerprint density at radius 3 is 2.79 bits per heavy atom. The van der Waals surface area contributed by atoms with Gasteiger partial charge in [-0.25, -0.2) is 9.97 Å². The molecule has 0 radical (unpaired) electrons. The largest absolute Gasteiger partial charge is 0.298 e. The van der Waals surface area contributed by atoms with Crippen molar-refractivity contribution >= 4 is 0 Å². The third-order valence-corrected chi connectivity index (χ3v) is 6.44. The fourth-order valence-electron chi connectivity index (χ4n) is 4.95. The molecule has 1 unspecified atom stereocenters. The number of piperidine rings is 1. The van der Waals surface area contributed by atoms with Gasteiger partial charge in [0, 0.05) is 42.2 Å². The van der Waals surface area contributed by atoms with E-state index in [0.29, 0.717) is 0 Å². The molecule has 1 spiro atoms. The predicted octanol–water partition coefficient (Wildman–Crippen LogP) is 4.33. The van der Waals surface area contributed by atoms with Crippen LogP contribution >= 0.6 is 0 Å². The maximum absolute atomic E-state index is 5.11. The lowest BCUT2D eigenvalue weighted by molar-refractivity contribution is 0.136. The SMILES string of the molecule is Cc1ncccc1CN1CCCC2(CCc3cnc(-c4ccccc4)nc32)C1. The molecule has 0 N–H and O–H groups in total. The third kappa shape index (κ3) is 3.12. The first-order chi connectivity index (χ1) is 13.7. The molecule has 3 heterocycles. The maximum atomic E-state index is 5.11. The molecule has 2 aliphatic rings. The van der Waals surface area contributed by atoms with Crippen molar-refractivity contribution in [2.45, 2.75) is 44.6 Å². The number of fused-ring (bicyclic) bond motifs is 2. The van der Waals surface area contributed by atoms with E-state index in [1.165, 1.54) is 36.1 Å². The number of hydrogen-bond donors (Lipinski definition) is 0. The van der Waals surface area contributed by atoms with Gasteiger partial charge in [0.05, 0.1) is 5.69 Å². The van der Waals surface area contributed by atoms with Crippen LogP contribution in [0.2, 0.25) is 0 Å². The molecule has 1 atom stereocenters. The quantitative estimate of drug-likeness (QED) is 0.688. The Labute approximate surface area is 166 Å². The number of hydrogen-bond acceptors (Lipinski definition) is 4. The highest BCUT2D eigenvalue weighted by Crippen LogP contribution is 2.44. The van der Waals surface area contributed by atoms with E-state index in [0.717, 1.165) is 43.1 Å². The summed E-state index contributed by atoms with van der Waals surface area (Å²) in [5, 5.41) is 0. The molecule has 1 aromatic carbocycles. The molecule has 142 valence electrons. The Hall–Kier alpha value is -2.59. The van der Waals surface area contributed by atoms with Crippen LogP contribution in [0.15, 0.2) is 54.9 Å². The summed E-state index contributed by atoms with van der Waals surface area (Å²) in [4.78, 5) is 16.8. The summed E-state index contributed by atoms with van der Waals surface area (Å²) < 4.78 is 0. The smallest absolute Gasteiger partial charge is 0.159 e. The number of nitrogens with zero attached hydrogens (tertiary/aromatic N) is 4. The van der Waals surface area contributed by atoms with Crippen LogP contribution in [0.25, 0.3) is 11.4 Å². The summed E-state index contributed by atoms with van der Waals surface area (Å²) in [7, 11) is 0. The average molecular weight is 371 g/mol. The van der Waals surface area contributed by atoms with Crippen molar-refractivity contribution in [3.8, 4) is 11.4 Å². The second kappa shape index (κ2) is 7.10. The molecule has 2 aromatic heterocycles. The van der Waals surface area contributed by atoms with Gasteiger partial charge in [0.1, 0.15) is 0 Å². The van der Waals surface area contributed by atoms with Crippen LogP contribution < -0.4 is 0 Å². The predicted molar refractivity (Wildman–Crippen MR) is 111 cm³/mol. The van der Waals surface area contributed by atoms with Crippen molar-refractivity contribution < 1.29 is 0 Å². The van der Waals surface area contributed by atoms with E-state index in [-0.39, 0.29) is 5.41 Å². The Morgan fingerprint density at radius 1 is 1.04 bits per heavy atom. The molecular formula is C24H26N4. The van der Waals surface area contributed by atoms with Crippen LogP contribution in [0.5, 0.6) is 0 Å². The highest BCUT2D eigenvalue weighted by molar-refractivity contribution is 5.55. The van der Waals surface area contributed by atoms with Gasteiger partial charge in [0.2, 0.25) is 0 Å². The molecule has 1 aliphatic heterocycles. The minimum absolute atomic E-state index is 0.177. The van der Waals surface area contributed by atoms with Gasteiger partial charge in [-0.05, 0) is 56.3 Å². The minimum atomic E-state index is 0.177. The van der Waals surface area contributed by atoms with Crippen molar-refractivity contribution in [1.29, 1.82) is 0 Å². The van der Waals surface area contributed by atoms with Crippen LogP contribution in [0.1, 0.15) is 41.8 Å². The highest BCUT2D eigenvalue weighted by Gasteiger charge is 2.43. The topological polar surface area (TPSA) is 41.9 Å². The molecule has 0 bridgehead atoms. The maximum Gasteiger partial charge on any atom is 0.159 e. The summed E-state index contributed by atoms with van der Waals surface area (Å²) in [5.41, 5.74) is 6.41. The van der Waals surface area contributed by atoms with Gasteiger partial charge in [-0.1, -0.05) is 36.4 Å². The van der Waals surface area contributed by atoms with Gasteiger partial charge in [-0.15, -0.1) is 0 Å². The molecule has 28 heavy (non-hydrogen) atoms. The van der Waals surface area contributed by atoms with E-state index >= 15 is 0 Å². The van der Waals surface area contributed by atoms with Crippen molar-refractivity contribution in [2.75, 3.05) is 13.1 Å². The van der Waals surface area contributed by atoms with E-state index < -0.39 is 0 Å². The molecule has 4 heteroatoms. The number of aromatic nitrogens is 3. The van der Waals surface area contributed by atoms with Gasteiger partial charge in [-0.2, -0.15) is 0 Å². The van der Waals surface area contributed by atoms with E-state index in [1.54, 1.807) is 0 Å². The van der Waals surface area contributed by atoms with E-state index in [2.05, 4.69) is 58.3 Å². The minimum Gasteiger partial charge on any atom is -0.298 e. The second-order valence-corrected chi connectivity index (χ2v) is 8.28. The molecule has 0 saturated carbocycles. The summed E-state index contributed by atoms with van der Waals surface area (Å²) in [5.74, 6) is 0.862. The van der Waals surface area contributed by atoms with Crippen molar-refractivity contribution in [3.63, 3.8) is 0 Å². The number of benzene rings is 1. The lowest BCUT2D eigenvalue weighted by Crippen LogP contribution is -2.45. The Balaban J connectivity index is 1.44. The van der Waals surface area contributed by atoms with Crippen molar-refractivity contribution in [3.05, 3.63) is 77.4 Å². The molecule has 3 aromatic rings. The molecule has 0 amide bonds. The third-order valence-electron chi connectivity index (χ3n) is 6.44. The van der Waals surface area contributed by atoms with Crippen LogP contribution in [0.4, 0.5) is 0 Å². The van der Waals surface area contributed by atoms with E-state index in [1.807, 2.05) is 18.3 Å². The monoisotopic (exact) mass is 370 g/mol. The number of pyridine rings is 1. The van der Waals surface area contributed by atoms with Gasteiger partial charge in [0.25, 0.3) is 0 Å². The summed E-state index contributed by atoms with van der Waals surface area (Å²) in [6, 6.07) is 14.6. The second-order valence-electron chi connectivity index (χ2n) is 8.28. The van der Waals surface area contributed by atoms with Crippen LogP contribution in [-0.2, 0) is 18.4 Å². The van der Waals surface area contributed by atoms with Crippen LogP contribution in [0.3, 0.4) is 0 Å². The van der Waals surface area contributed by atoms with Crippen molar-refractivity contribution in [2.24, 2.45) is 0 Å². The fourth-order valence-corrected chi connectivity index (χ4v) is 4.95.